The molecule has 0 saturated carbocycles. The number of anilines is 1. The summed E-state index contributed by atoms with van der Waals surface area (Å²) in [7, 11) is -2.86. The van der Waals surface area contributed by atoms with Crippen LogP contribution in [-0.2, 0) is 32.3 Å². The second kappa shape index (κ2) is 11.9. The van der Waals surface area contributed by atoms with Crippen LogP contribution >= 0.6 is 34.8 Å². The molecule has 0 aliphatic carbocycles. The molecule has 14 heteroatoms. The van der Waals surface area contributed by atoms with Crippen molar-refractivity contribution in [3.63, 3.8) is 0 Å². The second-order valence-electron chi connectivity index (χ2n) is 7.73. The van der Waals surface area contributed by atoms with Crippen molar-refractivity contribution in [2.75, 3.05) is 24.2 Å². The molecule has 7 nitrogen and oxygen atoms in total. The molecule has 1 atom stereocenters. The Balaban J connectivity index is 2.54. The predicted octanol–water partition coefficient (Wildman–Crippen LogP) is 4.99. The molecular formula is C22H23Cl3F3N3O4S. The van der Waals surface area contributed by atoms with E-state index in [-0.39, 0.29) is 18.0 Å². The van der Waals surface area contributed by atoms with Crippen molar-refractivity contribution in [2.45, 2.75) is 32.1 Å². The number of sulfonamides is 1. The molecule has 2 rings (SSSR count). The van der Waals surface area contributed by atoms with Crippen LogP contribution in [0.3, 0.4) is 0 Å². The molecule has 0 aliphatic heterocycles. The van der Waals surface area contributed by atoms with Crippen LogP contribution in [0.1, 0.15) is 24.5 Å². The Kier molecular flexibility index (Phi) is 9.91. The van der Waals surface area contributed by atoms with Crippen LogP contribution in [0.5, 0.6) is 0 Å². The lowest BCUT2D eigenvalue weighted by Gasteiger charge is -2.33. The molecule has 0 bridgehead atoms. The third kappa shape index (κ3) is 7.41. The lowest BCUT2D eigenvalue weighted by atomic mass is 10.1. The second-order valence-corrected chi connectivity index (χ2v) is 10.9. The SMILES string of the molecule is CC[C@H](C(=O)NC)N(Cc1ccc(Cl)cc1Cl)C(=O)CN(c1ccc(Cl)c(C(F)(F)F)c1)S(C)(=O)=O. The molecule has 2 amide bonds. The molecule has 2 aromatic rings. The molecule has 2 aromatic carbocycles. The van der Waals surface area contributed by atoms with E-state index in [2.05, 4.69) is 5.32 Å². The highest BCUT2D eigenvalue weighted by atomic mass is 35.5. The first-order valence-electron chi connectivity index (χ1n) is 10.4. The molecule has 0 heterocycles. The molecule has 1 N–H and O–H groups in total. The number of benzene rings is 2. The molecule has 0 spiro atoms. The lowest BCUT2D eigenvalue weighted by molar-refractivity contribution is -0.140. The van der Waals surface area contributed by atoms with E-state index in [0.717, 1.165) is 23.3 Å². The number of rotatable bonds is 9. The molecule has 198 valence electrons. The minimum absolute atomic E-state index is 0.161. The van der Waals surface area contributed by atoms with Gasteiger partial charge in [0, 0.05) is 23.6 Å². The highest BCUT2D eigenvalue weighted by Gasteiger charge is 2.36. The Morgan fingerprint density at radius 2 is 1.69 bits per heavy atom. The Morgan fingerprint density at radius 3 is 2.19 bits per heavy atom. The van der Waals surface area contributed by atoms with Gasteiger partial charge in [0.15, 0.2) is 0 Å². The average Bonchev–Trinajstić information content (AvgIpc) is 2.77. The van der Waals surface area contributed by atoms with Gasteiger partial charge >= 0.3 is 6.18 Å². The minimum Gasteiger partial charge on any atom is -0.357 e. The lowest BCUT2D eigenvalue weighted by Crippen LogP contribution is -2.51. The minimum atomic E-state index is -4.86. The van der Waals surface area contributed by atoms with Gasteiger partial charge in [0.2, 0.25) is 21.8 Å². The van der Waals surface area contributed by atoms with E-state index in [1.54, 1.807) is 13.0 Å². The van der Waals surface area contributed by atoms with E-state index in [9.17, 15) is 31.2 Å². The fraction of sp³-hybridized carbons (Fsp3) is 0.364. The van der Waals surface area contributed by atoms with E-state index < -0.39 is 56.9 Å². The number of amides is 2. The van der Waals surface area contributed by atoms with Crippen LogP contribution in [0.25, 0.3) is 0 Å². The largest absolute Gasteiger partial charge is 0.417 e. The van der Waals surface area contributed by atoms with Crippen molar-refractivity contribution in [3.05, 3.63) is 62.6 Å². The smallest absolute Gasteiger partial charge is 0.357 e. The first-order chi connectivity index (χ1) is 16.6. The third-order valence-corrected chi connectivity index (χ3v) is 7.27. The van der Waals surface area contributed by atoms with E-state index in [1.807, 2.05) is 0 Å². The zero-order chi connectivity index (χ0) is 27.4. The predicted molar refractivity (Wildman–Crippen MR) is 134 cm³/mol. The summed E-state index contributed by atoms with van der Waals surface area (Å²) >= 11 is 17.8. The fourth-order valence-corrected chi connectivity index (χ4v) is 4.95. The van der Waals surface area contributed by atoms with Gasteiger partial charge in [0.1, 0.15) is 12.6 Å². The summed E-state index contributed by atoms with van der Waals surface area (Å²) < 4.78 is 65.7. The van der Waals surface area contributed by atoms with Gasteiger partial charge in [-0.3, -0.25) is 13.9 Å². The summed E-state index contributed by atoms with van der Waals surface area (Å²) in [6, 6.07) is 6.00. The normalized spacial score (nSPS) is 12.7. The standard InChI is InChI=1S/C22H23Cl3F3N3O4S/c1-4-19(21(33)29-2)30(11-13-5-6-14(23)9-18(13)25)20(32)12-31(36(3,34)35)15-7-8-17(24)16(10-15)22(26,27)28/h5-10,19H,4,11-12H2,1-3H3,(H,29,33)/t19-/m1/s1. The Morgan fingerprint density at radius 1 is 1.06 bits per heavy atom. The van der Waals surface area contributed by atoms with Gasteiger partial charge in [-0.05, 0) is 42.3 Å². The van der Waals surface area contributed by atoms with E-state index >= 15 is 0 Å². The fourth-order valence-electron chi connectivity index (χ4n) is 3.42. The quantitative estimate of drug-likeness (QED) is 0.448. The van der Waals surface area contributed by atoms with Crippen LogP contribution in [0, 0.1) is 0 Å². The van der Waals surface area contributed by atoms with Gasteiger partial charge in [0.25, 0.3) is 0 Å². The Hall–Kier alpha value is -2.21. The zero-order valence-electron chi connectivity index (χ0n) is 19.4. The Bertz CT molecular complexity index is 1240. The number of likely N-dealkylation sites (N-methyl/N-ethyl adjacent to an activating group) is 1. The van der Waals surface area contributed by atoms with Crippen molar-refractivity contribution in [1.82, 2.24) is 10.2 Å². The molecule has 0 aliphatic rings. The first-order valence-corrected chi connectivity index (χ1v) is 13.4. The van der Waals surface area contributed by atoms with Crippen LogP contribution in [0.15, 0.2) is 36.4 Å². The maximum Gasteiger partial charge on any atom is 0.417 e. The highest BCUT2D eigenvalue weighted by Crippen LogP contribution is 2.37. The van der Waals surface area contributed by atoms with Crippen LogP contribution in [-0.4, -0.2) is 51.0 Å². The van der Waals surface area contributed by atoms with Crippen LogP contribution in [0.4, 0.5) is 18.9 Å². The zero-order valence-corrected chi connectivity index (χ0v) is 22.5. The topological polar surface area (TPSA) is 86.8 Å². The van der Waals surface area contributed by atoms with Crippen molar-refractivity contribution in [2.24, 2.45) is 0 Å². The Labute approximate surface area is 222 Å². The molecular weight excluding hydrogens is 566 g/mol. The van der Waals surface area contributed by atoms with Gasteiger partial charge in [-0.2, -0.15) is 13.2 Å². The summed E-state index contributed by atoms with van der Waals surface area (Å²) in [6.07, 6.45) is -3.95. The van der Waals surface area contributed by atoms with Gasteiger partial charge in [-0.1, -0.05) is 47.8 Å². The highest BCUT2D eigenvalue weighted by molar-refractivity contribution is 7.92. The number of nitrogens with one attached hydrogen (secondary N) is 1. The summed E-state index contributed by atoms with van der Waals surface area (Å²) in [4.78, 5) is 27.1. The van der Waals surface area contributed by atoms with Crippen molar-refractivity contribution < 1.29 is 31.2 Å². The summed E-state index contributed by atoms with van der Waals surface area (Å²) in [6.45, 7) is 0.579. The first kappa shape index (κ1) is 30.0. The summed E-state index contributed by atoms with van der Waals surface area (Å²) in [5.74, 6) is -1.36. The third-order valence-electron chi connectivity index (χ3n) is 5.21. The number of halogens is 6. The van der Waals surface area contributed by atoms with E-state index in [0.29, 0.717) is 21.0 Å². The van der Waals surface area contributed by atoms with Gasteiger partial charge < -0.3 is 10.2 Å². The summed E-state index contributed by atoms with van der Waals surface area (Å²) in [5, 5.41) is 2.37. The number of carbonyl (C=O) groups excluding carboxylic acids is 2. The number of nitrogens with zero attached hydrogens (tertiary/aromatic N) is 2. The van der Waals surface area contributed by atoms with Crippen molar-refractivity contribution in [3.8, 4) is 0 Å². The molecule has 0 aromatic heterocycles. The monoisotopic (exact) mass is 587 g/mol. The number of alkyl halides is 3. The van der Waals surface area contributed by atoms with Crippen molar-refractivity contribution >= 4 is 62.3 Å². The molecule has 0 saturated heterocycles. The van der Waals surface area contributed by atoms with E-state index in [4.69, 9.17) is 34.8 Å². The van der Waals surface area contributed by atoms with Crippen molar-refractivity contribution in [1.29, 1.82) is 0 Å². The molecule has 36 heavy (non-hydrogen) atoms. The number of hydrogen-bond donors (Lipinski definition) is 1. The maximum atomic E-state index is 13.4. The van der Waals surface area contributed by atoms with Gasteiger partial charge in [-0.25, -0.2) is 8.42 Å². The van der Waals surface area contributed by atoms with Crippen LogP contribution < -0.4 is 9.62 Å². The van der Waals surface area contributed by atoms with Gasteiger partial charge in [0.05, 0.1) is 22.5 Å². The summed E-state index contributed by atoms with van der Waals surface area (Å²) in [5.41, 5.74) is -1.25. The van der Waals surface area contributed by atoms with E-state index in [1.165, 1.54) is 19.2 Å². The number of carbonyl (C=O) groups is 2. The van der Waals surface area contributed by atoms with Crippen LogP contribution in [0.2, 0.25) is 15.1 Å². The average molecular weight is 589 g/mol. The molecule has 0 radical (unpaired) electrons. The molecule has 0 unspecified atom stereocenters. The number of hydrogen-bond acceptors (Lipinski definition) is 4. The maximum absolute atomic E-state index is 13.4. The molecule has 0 fully saturated rings. The van der Waals surface area contributed by atoms with Gasteiger partial charge in [-0.15, -0.1) is 0 Å².